The number of carbonyl (C=O) groups excluding carboxylic acids is 1. The van der Waals surface area contributed by atoms with Crippen LogP contribution in [0.5, 0.6) is 0 Å². The van der Waals surface area contributed by atoms with E-state index >= 15 is 0 Å². The van der Waals surface area contributed by atoms with Gasteiger partial charge >= 0.3 is 0 Å². The summed E-state index contributed by atoms with van der Waals surface area (Å²) in [5.41, 5.74) is 3.79. The molecule has 0 aliphatic carbocycles. The highest BCUT2D eigenvalue weighted by molar-refractivity contribution is 6.04. The van der Waals surface area contributed by atoms with Crippen molar-refractivity contribution in [3.8, 4) is 0 Å². The molecule has 0 saturated carbocycles. The third-order valence-corrected chi connectivity index (χ3v) is 3.48. The molecule has 2 aromatic carbocycles. The van der Waals surface area contributed by atoms with E-state index in [1.165, 1.54) is 0 Å². The van der Waals surface area contributed by atoms with E-state index in [-0.39, 0.29) is 12.5 Å². The second kappa shape index (κ2) is 7.39. The highest BCUT2D eigenvalue weighted by atomic mass is 16.3. The molecule has 1 amide bonds. The molecule has 5 nitrogen and oxygen atoms in total. The van der Waals surface area contributed by atoms with Gasteiger partial charge in [-0.25, -0.2) is 0 Å². The number of benzene rings is 2. The van der Waals surface area contributed by atoms with Gasteiger partial charge in [-0.2, -0.15) is 0 Å². The predicted octanol–water partition coefficient (Wildman–Crippen LogP) is 3.57. The first-order valence-electron chi connectivity index (χ1n) is 7.53. The van der Waals surface area contributed by atoms with Crippen molar-refractivity contribution in [3.63, 3.8) is 0 Å². The minimum absolute atomic E-state index is 0.0565. The third kappa shape index (κ3) is 3.97. The van der Waals surface area contributed by atoms with Crippen molar-refractivity contribution in [2.75, 3.05) is 10.6 Å². The van der Waals surface area contributed by atoms with E-state index in [4.69, 9.17) is 5.11 Å². The fraction of sp³-hybridized carbons (Fsp3) is 0.0526. The van der Waals surface area contributed by atoms with E-state index in [1.807, 2.05) is 24.3 Å². The van der Waals surface area contributed by atoms with Crippen LogP contribution in [-0.2, 0) is 6.61 Å². The fourth-order valence-corrected chi connectivity index (χ4v) is 2.26. The van der Waals surface area contributed by atoms with E-state index in [0.717, 1.165) is 16.9 Å². The largest absolute Gasteiger partial charge is 0.392 e. The maximum Gasteiger partial charge on any atom is 0.255 e. The Balaban J connectivity index is 1.67. The van der Waals surface area contributed by atoms with Gasteiger partial charge in [-0.05, 0) is 54.1 Å². The lowest BCUT2D eigenvalue weighted by atomic mass is 10.1. The Hall–Kier alpha value is -3.18. The topological polar surface area (TPSA) is 74.2 Å². The number of aliphatic hydroxyl groups excluding tert-OH is 1. The van der Waals surface area contributed by atoms with E-state index in [0.29, 0.717) is 11.3 Å². The number of hydrogen-bond donors (Lipinski definition) is 3. The number of amides is 1. The minimum Gasteiger partial charge on any atom is -0.392 e. The Morgan fingerprint density at radius 3 is 2.33 bits per heavy atom. The van der Waals surface area contributed by atoms with Gasteiger partial charge < -0.3 is 15.7 Å². The molecule has 120 valence electrons. The highest BCUT2D eigenvalue weighted by Crippen LogP contribution is 2.17. The van der Waals surface area contributed by atoms with Crippen molar-refractivity contribution in [2.45, 2.75) is 6.61 Å². The number of hydrogen-bond acceptors (Lipinski definition) is 4. The van der Waals surface area contributed by atoms with Gasteiger partial charge in [0.2, 0.25) is 0 Å². The molecule has 0 spiro atoms. The number of anilines is 3. The van der Waals surface area contributed by atoms with E-state index < -0.39 is 0 Å². The van der Waals surface area contributed by atoms with Gasteiger partial charge in [-0.1, -0.05) is 12.1 Å². The van der Waals surface area contributed by atoms with Crippen molar-refractivity contribution in [3.05, 3.63) is 84.2 Å². The number of pyridine rings is 1. The molecule has 1 heterocycles. The van der Waals surface area contributed by atoms with Crippen molar-refractivity contribution < 1.29 is 9.90 Å². The number of aliphatic hydroxyl groups is 1. The second-order valence-electron chi connectivity index (χ2n) is 5.25. The first-order valence-corrected chi connectivity index (χ1v) is 7.53. The monoisotopic (exact) mass is 319 g/mol. The smallest absolute Gasteiger partial charge is 0.255 e. The van der Waals surface area contributed by atoms with Crippen LogP contribution in [0.1, 0.15) is 15.9 Å². The van der Waals surface area contributed by atoms with Crippen LogP contribution in [-0.4, -0.2) is 16.0 Å². The molecule has 24 heavy (non-hydrogen) atoms. The standard InChI is InChI=1S/C19H17N3O2/c23-13-14-2-1-3-18(12-14)22-19(24)15-4-6-16(7-5-15)21-17-8-10-20-11-9-17/h1-12,23H,13H2,(H,20,21)(H,22,24). The second-order valence-corrected chi connectivity index (χ2v) is 5.25. The summed E-state index contributed by atoms with van der Waals surface area (Å²) < 4.78 is 0. The zero-order chi connectivity index (χ0) is 16.8. The van der Waals surface area contributed by atoms with Gasteiger partial charge in [0.05, 0.1) is 6.61 Å². The summed E-state index contributed by atoms with van der Waals surface area (Å²) in [5, 5.41) is 15.2. The lowest BCUT2D eigenvalue weighted by Crippen LogP contribution is -2.12. The summed E-state index contributed by atoms with van der Waals surface area (Å²) in [6.45, 7) is -0.0565. The molecule has 0 saturated heterocycles. The Morgan fingerprint density at radius 1 is 0.917 bits per heavy atom. The van der Waals surface area contributed by atoms with Crippen LogP contribution >= 0.6 is 0 Å². The first-order chi connectivity index (χ1) is 11.7. The molecule has 0 aliphatic heterocycles. The summed E-state index contributed by atoms with van der Waals surface area (Å²) in [4.78, 5) is 16.2. The Morgan fingerprint density at radius 2 is 1.62 bits per heavy atom. The molecular formula is C19H17N3O2. The van der Waals surface area contributed by atoms with Gasteiger partial charge in [0, 0.05) is 35.0 Å². The van der Waals surface area contributed by atoms with Crippen molar-refractivity contribution in [1.82, 2.24) is 4.98 Å². The molecule has 0 radical (unpaired) electrons. The van der Waals surface area contributed by atoms with Crippen LogP contribution in [0.25, 0.3) is 0 Å². The summed E-state index contributed by atoms with van der Waals surface area (Å²) >= 11 is 0. The van der Waals surface area contributed by atoms with E-state index in [2.05, 4.69) is 15.6 Å². The van der Waals surface area contributed by atoms with Gasteiger partial charge in [-0.3, -0.25) is 9.78 Å². The Kier molecular flexibility index (Phi) is 4.84. The van der Waals surface area contributed by atoms with Crippen LogP contribution in [0.2, 0.25) is 0 Å². The van der Waals surface area contributed by atoms with Gasteiger partial charge in [0.1, 0.15) is 0 Å². The van der Waals surface area contributed by atoms with Crippen LogP contribution in [0, 0.1) is 0 Å². The molecule has 0 fully saturated rings. The molecule has 0 atom stereocenters. The number of nitrogens with one attached hydrogen (secondary N) is 2. The quantitative estimate of drug-likeness (QED) is 0.672. The summed E-state index contributed by atoms with van der Waals surface area (Å²) in [7, 11) is 0. The number of carbonyl (C=O) groups is 1. The third-order valence-electron chi connectivity index (χ3n) is 3.48. The zero-order valence-corrected chi connectivity index (χ0v) is 12.9. The molecule has 3 aromatic rings. The highest BCUT2D eigenvalue weighted by Gasteiger charge is 2.06. The van der Waals surface area contributed by atoms with Crippen molar-refractivity contribution >= 4 is 23.0 Å². The van der Waals surface area contributed by atoms with Gasteiger partial charge in [0.25, 0.3) is 5.91 Å². The van der Waals surface area contributed by atoms with Crippen LogP contribution in [0.4, 0.5) is 17.1 Å². The average molecular weight is 319 g/mol. The predicted molar refractivity (Wildman–Crippen MR) is 94.3 cm³/mol. The Bertz CT molecular complexity index is 818. The lowest BCUT2D eigenvalue weighted by Gasteiger charge is -2.09. The average Bonchev–Trinajstić information content (AvgIpc) is 2.63. The van der Waals surface area contributed by atoms with Crippen molar-refractivity contribution in [2.24, 2.45) is 0 Å². The minimum atomic E-state index is -0.194. The SMILES string of the molecule is O=C(Nc1cccc(CO)c1)c1ccc(Nc2ccncc2)cc1. The normalized spacial score (nSPS) is 10.2. The number of rotatable bonds is 5. The van der Waals surface area contributed by atoms with E-state index in [1.54, 1.807) is 48.8 Å². The zero-order valence-electron chi connectivity index (χ0n) is 12.9. The van der Waals surface area contributed by atoms with Crippen LogP contribution in [0.15, 0.2) is 73.1 Å². The molecule has 0 unspecified atom stereocenters. The number of nitrogens with zero attached hydrogens (tertiary/aromatic N) is 1. The summed E-state index contributed by atoms with van der Waals surface area (Å²) in [6.07, 6.45) is 3.43. The van der Waals surface area contributed by atoms with E-state index in [9.17, 15) is 4.79 Å². The fourth-order valence-electron chi connectivity index (χ4n) is 2.26. The maximum absolute atomic E-state index is 12.3. The molecule has 3 N–H and O–H groups in total. The van der Waals surface area contributed by atoms with Gasteiger partial charge in [0.15, 0.2) is 0 Å². The summed E-state index contributed by atoms with van der Waals surface area (Å²) in [6, 6.07) is 18.1. The van der Waals surface area contributed by atoms with Crippen LogP contribution in [0.3, 0.4) is 0 Å². The van der Waals surface area contributed by atoms with Gasteiger partial charge in [-0.15, -0.1) is 0 Å². The number of aromatic nitrogens is 1. The lowest BCUT2D eigenvalue weighted by molar-refractivity contribution is 0.102. The molecule has 1 aromatic heterocycles. The van der Waals surface area contributed by atoms with Crippen LogP contribution < -0.4 is 10.6 Å². The molecule has 3 rings (SSSR count). The van der Waals surface area contributed by atoms with Crippen molar-refractivity contribution in [1.29, 1.82) is 0 Å². The molecule has 0 aliphatic rings. The summed E-state index contributed by atoms with van der Waals surface area (Å²) in [5.74, 6) is -0.194. The molecule has 5 heteroatoms. The molecular weight excluding hydrogens is 302 g/mol. The molecule has 0 bridgehead atoms. The Labute approximate surface area is 140 Å². The first kappa shape index (κ1) is 15.7. The maximum atomic E-state index is 12.3.